The molecule has 2 fully saturated rings. The summed E-state index contributed by atoms with van der Waals surface area (Å²) in [4.78, 5) is 0. The Morgan fingerprint density at radius 1 is 0.941 bits per heavy atom. The van der Waals surface area contributed by atoms with Gasteiger partial charge in [-0.15, -0.1) is 0 Å². The van der Waals surface area contributed by atoms with E-state index in [2.05, 4.69) is 19.9 Å². The molecule has 17 heavy (non-hydrogen) atoms. The third kappa shape index (κ3) is 3.60. The molecule has 0 unspecified atom stereocenters. The highest BCUT2D eigenvalue weighted by Crippen LogP contribution is 2.41. The second-order valence-corrected chi connectivity index (χ2v) is 6.35. The highest BCUT2D eigenvalue weighted by Gasteiger charge is 2.28. The van der Waals surface area contributed by atoms with Crippen LogP contribution in [0.25, 0.3) is 0 Å². The molecule has 0 nitrogen and oxygen atoms in total. The van der Waals surface area contributed by atoms with E-state index in [9.17, 15) is 0 Å². The monoisotopic (exact) mass is 234 g/mol. The molecule has 0 amide bonds. The van der Waals surface area contributed by atoms with Gasteiger partial charge in [-0.1, -0.05) is 44.3 Å². The molecule has 0 spiro atoms. The van der Waals surface area contributed by atoms with Gasteiger partial charge in [0.05, 0.1) is 0 Å². The van der Waals surface area contributed by atoms with Gasteiger partial charge in [0.1, 0.15) is 0 Å². The molecular formula is C17H30. The molecule has 0 bridgehead atoms. The zero-order chi connectivity index (χ0) is 12.1. The molecule has 0 heterocycles. The first kappa shape index (κ1) is 13.2. The van der Waals surface area contributed by atoms with E-state index in [1.54, 1.807) is 18.4 Å². The van der Waals surface area contributed by atoms with Crippen LogP contribution in [0.2, 0.25) is 0 Å². The Hall–Kier alpha value is -0.260. The molecule has 2 saturated carbocycles. The van der Waals surface area contributed by atoms with Crippen LogP contribution in [0.4, 0.5) is 0 Å². The topological polar surface area (TPSA) is 0 Å². The Bertz CT molecular complexity index is 233. The van der Waals surface area contributed by atoms with Crippen LogP contribution in [0.5, 0.6) is 0 Å². The summed E-state index contributed by atoms with van der Waals surface area (Å²) < 4.78 is 0. The van der Waals surface area contributed by atoms with E-state index in [1.165, 1.54) is 51.4 Å². The quantitative estimate of drug-likeness (QED) is 0.547. The van der Waals surface area contributed by atoms with E-state index in [4.69, 9.17) is 0 Å². The maximum absolute atomic E-state index is 2.36. The van der Waals surface area contributed by atoms with E-state index < -0.39 is 0 Å². The van der Waals surface area contributed by atoms with Gasteiger partial charge < -0.3 is 0 Å². The van der Waals surface area contributed by atoms with Gasteiger partial charge in [0.25, 0.3) is 0 Å². The zero-order valence-electron chi connectivity index (χ0n) is 11.9. The van der Waals surface area contributed by atoms with Crippen molar-refractivity contribution in [3.63, 3.8) is 0 Å². The fraction of sp³-hybridized carbons (Fsp3) is 0.882. The minimum absolute atomic E-state index is 1.07. The van der Waals surface area contributed by atoms with Crippen molar-refractivity contribution in [2.24, 2.45) is 17.8 Å². The minimum atomic E-state index is 1.07. The van der Waals surface area contributed by atoms with Crippen LogP contribution in [-0.4, -0.2) is 0 Å². The summed E-state index contributed by atoms with van der Waals surface area (Å²) in [5, 5.41) is 0. The summed E-state index contributed by atoms with van der Waals surface area (Å²) in [5.41, 5.74) is 1.72. The van der Waals surface area contributed by atoms with Gasteiger partial charge in [-0.2, -0.15) is 0 Å². The van der Waals surface area contributed by atoms with Crippen molar-refractivity contribution in [2.75, 3.05) is 0 Å². The van der Waals surface area contributed by atoms with E-state index in [0.717, 1.165) is 17.8 Å². The molecule has 2 aliphatic carbocycles. The molecule has 0 atom stereocenters. The maximum Gasteiger partial charge on any atom is -0.0318 e. The van der Waals surface area contributed by atoms with Gasteiger partial charge in [-0.05, 0) is 63.2 Å². The Morgan fingerprint density at radius 2 is 1.53 bits per heavy atom. The van der Waals surface area contributed by atoms with Crippen LogP contribution in [-0.2, 0) is 0 Å². The van der Waals surface area contributed by atoms with Gasteiger partial charge in [0.2, 0.25) is 0 Å². The van der Waals surface area contributed by atoms with E-state index in [-0.39, 0.29) is 0 Å². The number of rotatable bonds is 3. The predicted octanol–water partition coefficient (Wildman–Crippen LogP) is 5.73. The Kier molecular flexibility index (Phi) is 5.13. The lowest BCUT2D eigenvalue weighted by Crippen LogP contribution is -2.24. The average Bonchev–Trinajstić information content (AvgIpc) is 2.40. The van der Waals surface area contributed by atoms with Gasteiger partial charge in [-0.3, -0.25) is 0 Å². The molecule has 0 radical (unpaired) electrons. The van der Waals surface area contributed by atoms with Crippen molar-refractivity contribution in [1.82, 2.24) is 0 Å². The average molecular weight is 234 g/mol. The van der Waals surface area contributed by atoms with Crippen LogP contribution < -0.4 is 0 Å². The van der Waals surface area contributed by atoms with Gasteiger partial charge in [-0.25, -0.2) is 0 Å². The van der Waals surface area contributed by atoms with Gasteiger partial charge in [0, 0.05) is 0 Å². The van der Waals surface area contributed by atoms with Crippen LogP contribution in [0.3, 0.4) is 0 Å². The third-order valence-electron chi connectivity index (χ3n) is 5.34. The van der Waals surface area contributed by atoms with Crippen molar-refractivity contribution >= 4 is 0 Å². The summed E-state index contributed by atoms with van der Waals surface area (Å²) in [6.07, 6.45) is 17.2. The standard InChI is InChI=1S/C17H30/c1-3-5-15-8-12-17(13-9-15)16-10-6-14(4-2)7-11-16/h4,15-17H,3,5-13H2,1-2H3. The maximum atomic E-state index is 2.36. The van der Waals surface area contributed by atoms with Gasteiger partial charge >= 0.3 is 0 Å². The van der Waals surface area contributed by atoms with Crippen LogP contribution in [0, 0.1) is 17.8 Å². The molecule has 0 saturated heterocycles. The molecule has 2 rings (SSSR count). The lowest BCUT2D eigenvalue weighted by Gasteiger charge is -2.36. The fourth-order valence-electron chi connectivity index (χ4n) is 4.13. The number of hydrogen-bond acceptors (Lipinski definition) is 0. The lowest BCUT2D eigenvalue weighted by atomic mass is 9.69. The smallest absolute Gasteiger partial charge is 0.0318 e. The van der Waals surface area contributed by atoms with Gasteiger partial charge in [0.15, 0.2) is 0 Å². The second kappa shape index (κ2) is 6.61. The summed E-state index contributed by atoms with van der Waals surface area (Å²) in [6.45, 7) is 4.55. The Labute approximate surface area is 108 Å². The van der Waals surface area contributed by atoms with E-state index >= 15 is 0 Å². The number of allylic oxidation sites excluding steroid dienone is 2. The number of hydrogen-bond donors (Lipinski definition) is 0. The molecular weight excluding hydrogens is 204 g/mol. The first-order chi connectivity index (χ1) is 8.33. The van der Waals surface area contributed by atoms with Crippen molar-refractivity contribution < 1.29 is 0 Å². The normalized spacial score (nSPS) is 34.7. The summed E-state index contributed by atoms with van der Waals surface area (Å²) in [6, 6.07) is 0. The van der Waals surface area contributed by atoms with Crippen molar-refractivity contribution in [3.8, 4) is 0 Å². The second-order valence-electron chi connectivity index (χ2n) is 6.35. The lowest BCUT2D eigenvalue weighted by molar-refractivity contribution is 0.173. The minimum Gasteiger partial charge on any atom is -0.0885 e. The fourth-order valence-corrected chi connectivity index (χ4v) is 4.13. The zero-order valence-corrected chi connectivity index (χ0v) is 11.9. The van der Waals surface area contributed by atoms with E-state index in [1.807, 2.05) is 0 Å². The summed E-state index contributed by atoms with van der Waals surface area (Å²) in [7, 11) is 0. The molecule has 98 valence electrons. The molecule has 0 N–H and O–H groups in total. The summed E-state index contributed by atoms with van der Waals surface area (Å²) >= 11 is 0. The molecule has 0 heteroatoms. The molecule has 0 aromatic heterocycles. The highest BCUT2D eigenvalue weighted by molar-refractivity contribution is 5.04. The first-order valence-electron chi connectivity index (χ1n) is 7.97. The molecule has 2 aliphatic rings. The van der Waals surface area contributed by atoms with Crippen LogP contribution >= 0.6 is 0 Å². The van der Waals surface area contributed by atoms with Crippen molar-refractivity contribution in [2.45, 2.75) is 78.1 Å². The largest absolute Gasteiger partial charge is 0.0885 e. The Morgan fingerprint density at radius 3 is 2.06 bits per heavy atom. The molecule has 0 aromatic rings. The molecule has 0 aliphatic heterocycles. The SMILES string of the molecule is CC=C1CCC(C2CCC(CCC)CC2)CC1. The van der Waals surface area contributed by atoms with Crippen molar-refractivity contribution in [3.05, 3.63) is 11.6 Å². The third-order valence-corrected chi connectivity index (χ3v) is 5.34. The van der Waals surface area contributed by atoms with Crippen molar-refractivity contribution in [1.29, 1.82) is 0 Å². The molecule has 0 aromatic carbocycles. The van der Waals surface area contributed by atoms with Crippen LogP contribution in [0.15, 0.2) is 11.6 Å². The highest BCUT2D eigenvalue weighted by atomic mass is 14.3. The Balaban J connectivity index is 1.74. The predicted molar refractivity (Wildman–Crippen MR) is 76.1 cm³/mol. The summed E-state index contributed by atoms with van der Waals surface area (Å²) in [5.74, 6) is 3.23. The van der Waals surface area contributed by atoms with E-state index in [0.29, 0.717) is 0 Å². The first-order valence-corrected chi connectivity index (χ1v) is 7.97. The van der Waals surface area contributed by atoms with Crippen LogP contribution in [0.1, 0.15) is 78.1 Å².